The number of rotatable bonds is 2. The molecule has 4 N–H and O–H groups in total. The number of nitriles is 1. The van der Waals surface area contributed by atoms with Gasteiger partial charge in [-0.3, -0.25) is 0 Å². The van der Waals surface area contributed by atoms with Gasteiger partial charge in [-0.05, 0) is 0 Å². The van der Waals surface area contributed by atoms with Crippen LogP contribution in [0.3, 0.4) is 0 Å². The molecule has 0 aliphatic heterocycles. The molecular formula is C7H7ClN4O2. The minimum atomic E-state index is -1.61. The van der Waals surface area contributed by atoms with Gasteiger partial charge in [0, 0.05) is 0 Å². The number of nitrogens with zero attached hydrogens (tertiary/aromatic N) is 3. The molecule has 14 heavy (non-hydrogen) atoms. The van der Waals surface area contributed by atoms with Crippen LogP contribution in [-0.2, 0) is 0 Å². The zero-order valence-corrected chi connectivity index (χ0v) is 7.68. The molecule has 1 aromatic rings. The van der Waals surface area contributed by atoms with E-state index in [1.165, 1.54) is 12.3 Å². The van der Waals surface area contributed by atoms with E-state index in [4.69, 9.17) is 27.7 Å². The minimum Gasteiger partial charge on any atom is -0.383 e. The molecule has 0 aliphatic rings. The van der Waals surface area contributed by atoms with Gasteiger partial charge < -0.3 is 15.9 Å². The van der Waals surface area contributed by atoms with Crippen molar-refractivity contribution in [3.63, 3.8) is 0 Å². The highest BCUT2D eigenvalue weighted by Crippen LogP contribution is 2.20. The van der Waals surface area contributed by atoms with Crippen LogP contribution >= 0.6 is 11.6 Å². The second kappa shape index (κ2) is 4.19. The normalized spacial score (nSPS) is 14.4. The highest BCUT2D eigenvalue weighted by molar-refractivity contribution is 6.29. The number of aliphatic hydroxyl groups excluding tert-OH is 2. The van der Waals surface area contributed by atoms with E-state index in [0.29, 0.717) is 0 Å². The monoisotopic (exact) mass is 214 g/mol. The molecule has 1 rings (SSSR count). The molecule has 2 unspecified atom stereocenters. The molecule has 0 radical (unpaired) electrons. The first-order valence-electron chi connectivity index (χ1n) is 3.60. The smallest absolute Gasteiger partial charge is 0.172 e. The number of anilines is 1. The van der Waals surface area contributed by atoms with Crippen molar-refractivity contribution in [1.29, 1.82) is 5.26 Å². The van der Waals surface area contributed by atoms with Gasteiger partial charge in [0.1, 0.15) is 22.8 Å². The molecule has 1 aromatic heterocycles. The largest absolute Gasteiger partial charge is 0.383 e. The van der Waals surface area contributed by atoms with Crippen LogP contribution in [0.2, 0.25) is 5.15 Å². The molecule has 0 aromatic carbocycles. The lowest BCUT2D eigenvalue weighted by Gasteiger charge is -2.12. The van der Waals surface area contributed by atoms with Crippen LogP contribution in [0.25, 0.3) is 0 Å². The Labute approximate surface area is 84.6 Å². The average Bonchev–Trinajstić information content (AvgIpc) is 2.19. The zero-order valence-electron chi connectivity index (χ0n) is 6.92. The lowest BCUT2D eigenvalue weighted by Crippen LogP contribution is -2.19. The Kier molecular flexibility index (Phi) is 3.19. The van der Waals surface area contributed by atoms with E-state index in [-0.39, 0.29) is 16.7 Å². The molecule has 74 valence electrons. The van der Waals surface area contributed by atoms with Crippen molar-refractivity contribution < 1.29 is 10.2 Å². The Balaban J connectivity index is 3.07. The fraction of sp³-hybridized carbons (Fsp3) is 0.286. The lowest BCUT2D eigenvalue weighted by molar-refractivity contribution is 0.0502. The summed E-state index contributed by atoms with van der Waals surface area (Å²) in [6, 6.07) is 1.45. The second-order valence-electron chi connectivity index (χ2n) is 2.48. The third kappa shape index (κ3) is 2.09. The van der Waals surface area contributed by atoms with Gasteiger partial charge in [0.25, 0.3) is 0 Å². The molecule has 0 spiro atoms. The molecule has 0 amide bonds. The average molecular weight is 215 g/mol. The van der Waals surface area contributed by atoms with Crippen LogP contribution in [0.5, 0.6) is 0 Å². The first-order chi connectivity index (χ1) is 6.56. The van der Waals surface area contributed by atoms with Crippen molar-refractivity contribution in [2.24, 2.45) is 0 Å². The molecule has 0 saturated carbocycles. The number of aromatic nitrogens is 2. The van der Waals surface area contributed by atoms with Crippen molar-refractivity contribution >= 4 is 17.4 Å². The molecule has 6 nitrogen and oxygen atoms in total. The third-order valence-corrected chi connectivity index (χ3v) is 1.69. The van der Waals surface area contributed by atoms with E-state index in [9.17, 15) is 5.11 Å². The third-order valence-electron chi connectivity index (χ3n) is 1.51. The summed E-state index contributed by atoms with van der Waals surface area (Å²) >= 11 is 5.50. The summed E-state index contributed by atoms with van der Waals surface area (Å²) < 4.78 is 0. The van der Waals surface area contributed by atoms with Gasteiger partial charge in [-0.2, -0.15) is 5.26 Å². The first kappa shape index (κ1) is 10.7. The van der Waals surface area contributed by atoms with E-state index in [2.05, 4.69) is 9.97 Å². The first-order valence-corrected chi connectivity index (χ1v) is 3.97. The van der Waals surface area contributed by atoms with Gasteiger partial charge in [0.05, 0.1) is 12.3 Å². The number of nitrogens with two attached hydrogens (primary N) is 1. The Morgan fingerprint density at radius 2 is 2.21 bits per heavy atom. The van der Waals surface area contributed by atoms with Crippen molar-refractivity contribution in [3.8, 4) is 6.07 Å². The van der Waals surface area contributed by atoms with Crippen molar-refractivity contribution in [2.75, 3.05) is 5.73 Å². The maximum atomic E-state index is 9.38. The molecule has 0 bridgehead atoms. The topological polar surface area (TPSA) is 116 Å². The standard InChI is InChI=1S/C7H7ClN4O2/c8-4-2-11-7(10)5(12-4)6(14)3(13)1-9/h2-3,6,13-14H,(H2,10,11). The van der Waals surface area contributed by atoms with Crippen LogP contribution in [0.15, 0.2) is 6.20 Å². The maximum Gasteiger partial charge on any atom is 0.172 e. The summed E-state index contributed by atoms with van der Waals surface area (Å²) in [6.45, 7) is 0. The molecule has 7 heteroatoms. The summed E-state index contributed by atoms with van der Waals surface area (Å²) in [7, 11) is 0. The zero-order chi connectivity index (χ0) is 10.7. The molecule has 2 atom stereocenters. The van der Waals surface area contributed by atoms with Crippen LogP contribution < -0.4 is 5.73 Å². The lowest BCUT2D eigenvalue weighted by atomic mass is 10.1. The van der Waals surface area contributed by atoms with E-state index < -0.39 is 12.2 Å². The van der Waals surface area contributed by atoms with E-state index in [0.717, 1.165) is 0 Å². The number of nitrogen functional groups attached to an aromatic ring is 1. The Morgan fingerprint density at radius 1 is 1.57 bits per heavy atom. The molecule has 0 aliphatic carbocycles. The molecule has 0 saturated heterocycles. The Morgan fingerprint density at radius 3 is 2.79 bits per heavy atom. The molecule has 0 fully saturated rings. The van der Waals surface area contributed by atoms with Crippen LogP contribution in [0.1, 0.15) is 11.8 Å². The van der Waals surface area contributed by atoms with Gasteiger partial charge in [-0.25, -0.2) is 9.97 Å². The summed E-state index contributed by atoms with van der Waals surface area (Å²) in [5, 5.41) is 26.8. The number of hydrogen-bond acceptors (Lipinski definition) is 6. The van der Waals surface area contributed by atoms with Gasteiger partial charge in [-0.15, -0.1) is 0 Å². The quantitative estimate of drug-likeness (QED) is 0.579. The summed E-state index contributed by atoms with van der Waals surface area (Å²) in [5.41, 5.74) is 5.27. The van der Waals surface area contributed by atoms with E-state index in [1.54, 1.807) is 0 Å². The molecular weight excluding hydrogens is 208 g/mol. The number of halogens is 1. The predicted octanol–water partition coefficient (Wildman–Crippen LogP) is -0.370. The fourth-order valence-corrected chi connectivity index (χ4v) is 0.968. The summed E-state index contributed by atoms with van der Waals surface area (Å²) in [5.74, 6) is -0.0730. The van der Waals surface area contributed by atoms with Gasteiger partial charge in [0.2, 0.25) is 0 Å². The second-order valence-corrected chi connectivity index (χ2v) is 2.87. The van der Waals surface area contributed by atoms with Crippen molar-refractivity contribution in [1.82, 2.24) is 9.97 Å². The summed E-state index contributed by atoms with van der Waals surface area (Å²) in [4.78, 5) is 7.28. The van der Waals surface area contributed by atoms with Gasteiger partial charge in [-0.1, -0.05) is 11.6 Å². The number of hydrogen-bond donors (Lipinski definition) is 3. The van der Waals surface area contributed by atoms with Gasteiger partial charge in [0.15, 0.2) is 6.10 Å². The van der Waals surface area contributed by atoms with Gasteiger partial charge >= 0.3 is 0 Å². The van der Waals surface area contributed by atoms with E-state index in [1.807, 2.05) is 0 Å². The van der Waals surface area contributed by atoms with Crippen molar-refractivity contribution in [2.45, 2.75) is 12.2 Å². The molecule has 1 heterocycles. The predicted molar refractivity (Wildman–Crippen MR) is 48.0 cm³/mol. The van der Waals surface area contributed by atoms with E-state index >= 15 is 0 Å². The maximum absolute atomic E-state index is 9.38. The van der Waals surface area contributed by atoms with Crippen molar-refractivity contribution in [3.05, 3.63) is 17.0 Å². The van der Waals surface area contributed by atoms with Crippen LogP contribution in [-0.4, -0.2) is 26.3 Å². The Bertz CT molecular complexity index is 378. The minimum absolute atomic E-state index is 0.0263. The van der Waals surface area contributed by atoms with Crippen LogP contribution in [0, 0.1) is 11.3 Å². The van der Waals surface area contributed by atoms with Crippen LogP contribution in [0.4, 0.5) is 5.82 Å². The summed E-state index contributed by atoms with van der Waals surface area (Å²) in [6.07, 6.45) is -1.91. The fourth-order valence-electron chi connectivity index (χ4n) is 0.828. The SMILES string of the molecule is N#CC(O)C(O)c1nc(Cl)cnc1N. The highest BCUT2D eigenvalue weighted by atomic mass is 35.5. The highest BCUT2D eigenvalue weighted by Gasteiger charge is 2.22. The number of aliphatic hydroxyl groups is 2. The Hall–Kier alpha value is -1.42.